The second kappa shape index (κ2) is 2.84. The smallest absolute Gasteiger partial charge is 0.137 e. The van der Waals surface area contributed by atoms with E-state index in [1.165, 1.54) is 5.69 Å². The third-order valence-electron chi connectivity index (χ3n) is 2.38. The highest BCUT2D eigenvalue weighted by Crippen LogP contribution is 2.23. The van der Waals surface area contributed by atoms with Crippen molar-refractivity contribution in [1.29, 1.82) is 0 Å². The first-order valence-electron chi connectivity index (χ1n) is 4.94. The summed E-state index contributed by atoms with van der Waals surface area (Å²) >= 11 is 0. The van der Waals surface area contributed by atoms with Crippen molar-refractivity contribution < 1.29 is 0 Å². The number of aryl methyl sites for hydroxylation is 1. The van der Waals surface area contributed by atoms with E-state index in [-0.39, 0.29) is 5.41 Å². The number of rotatable bonds is 0. The summed E-state index contributed by atoms with van der Waals surface area (Å²) in [6.07, 6.45) is 2.09. The first-order valence-corrected chi connectivity index (χ1v) is 4.94. The molecule has 0 radical (unpaired) electrons. The molecule has 2 aromatic rings. The zero-order valence-electron chi connectivity index (χ0n) is 9.20. The Morgan fingerprint density at radius 2 is 1.93 bits per heavy atom. The van der Waals surface area contributed by atoms with E-state index in [1.807, 2.05) is 13.0 Å². The molecule has 2 aromatic heterocycles. The van der Waals surface area contributed by atoms with Gasteiger partial charge in [0.2, 0.25) is 0 Å². The van der Waals surface area contributed by atoms with Crippen LogP contribution in [0.15, 0.2) is 24.4 Å². The minimum atomic E-state index is 0.159. The third-order valence-corrected chi connectivity index (χ3v) is 2.38. The summed E-state index contributed by atoms with van der Waals surface area (Å²) in [5.41, 5.74) is 3.57. The maximum absolute atomic E-state index is 4.45. The summed E-state index contributed by atoms with van der Waals surface area (Å²) in [4.78, 5) is 4.45. The molecule has 0 aromatic carbocycles. The van der Waals surface area contributed by atoms with Crippen molar-refractivity contribution in [3.05, 3.63) is 35.8 Å². The van der Waals surface area contributed by atoms with Crippen molar-refractivity contribution in [3.63, 3.8) is 0 Å². The molecule has 0 atom stereocenters. The first kappa shape index (κ1) is 9.25. The second-order valence-electron chi connectivity index (χ2n) is 4.77. The summed E-state index contributed by atoms with van der Waals surface area (Å²) in [6, 6.07) is 6.28. The molecule has 0 aliphatic rings. The average Bonchev–Trinajstić information content (AvgIpc) is 2.41. The molecule has 0 saturated heterocycles. The van der Waals surface area contributed by atoms with Gasteiger partial charge in [-0.05, 0) is 19.1 Å². The molecule has 0 fully saturated rings. The Hall–Kier alpha value is -1.31. The predicted octanol–water partition coefficient (Wildman–Crippen LogP) is 2.94. The van der Waals surface area contributed by atoms with E-state index < -0.39 is 0 Å². The Bertz CT molecular complexity index is 461. The fourth-order valence-corrected chi connectivity index (χ4v) is 1.74. The normalized spacial score (nSPS) is 12.3. The van der Waals surface area contributed by atoms with Crippen LogP contribution in [0.4, 0.5) is 0 Å². The van der Waals surface area contributed by atoms with Gasteiger partial charge in [-0.2, -0.15) is 0 Å². The van der Waals surface area contributed by atoms with E-state index in [2.05, 4.69) is 48.5 Å². The number of pyridine rings is 1. The van der Waals surface area contributed by atoms with Gasteiger partial charge in [-0.15, -0.1) is 0 Å². The molecule has 0 unspecified atom stereocenters. The topological polar surface area (TPSA) is 17.3 Å². The first-order chi connectivity index (χ1) is 6.48. The summed E-state index contributed by atoms with van der Waals surface area (Å²) in [5, 5.41) is 0. The average molecular weight is 188 g/mol. The molecule has 0 saturated carbocycles. The molecular weight excluding hydrogens is 172 g/mol. The van der Waals surface area contributed by atoms with Gasteiger partial charge in [0.15, 0.2) is 0 Å². The van der Waals surface area contributed by atoms with Crippen LogP contribution in [0, 0.1) is 6.92 Å². The lowest BCUT2D eigenvalue weighted by Crippen LogP contribution is -2.15. The minimum Gasteiger partial charge on any atom is -0.303 e. The molecule has 0 aliphatic carbocycles. The molecule has 0 aliphatic heterocycles. The number of fused-ring (bicyclic) bond motifs is 1. The molecule has 0 amide bonds. The van der Waals surface area contributed by atoms with Gasteiger partial charge in [-0.1, -0.05) is 26.8 Å². The second-order valence-corrected chi connectivity index (χ2v) is 4.77. The summed E-state index contributed by atoms with van der Waals surface area (Å²) in [5.74, 6) is 0. The fourth-order valence-electron chi connectivity index (χ4n) is 1.74. The molecule has 2 nitrogen and oxygen atoms in total. The molecule has 0 spiro atoms. The van der Waals surface area contributed by atoms with E-state index in [9.17, 15) is 0 Å². The van der Waals surface area contributed by atoms with E-state index in [1.54, 1.807) is 0 Å². The third kappa shape index (κ3) is 1.41. The van der Waals surface area contributed by atoms with E-state index in [0.717, 1.165) is 11.3 Å². The van der Waals surface area contributed by atoms with Crippen LogP contribution in [-0.4, -0.2) is 9.38 Å². The molecule has 14 heavy (non-hydrogen) atoms. The molecule has 2 heteroatoms. The minimum absolute atomic E-state index is 0.159. The quantitative estimate of drug-likeness (QED) is 0.621. The van der Waals surface area contributed by atoms with Gasteiger partial charge >= 0.3 is 0 Å². The maximum atomic E-state index is 4.45. The highest BCUT2D eigenvalue weighted by molar-refractivity contribution is 5.42. The van der Waals surface area contributed by atoms with Crippen molar-refractivity contribution in [1.82, 2.24) is 9.38 Å². The SMILES string of the molecule is Cc1cn2c(C(C)(C)C)cccc2n1. The van der Waals surface area contributed by atoms with E-state index in [0.29, 0.717) is 0 Å². The number of nitrogens with zero attached hydrogens (tertiary/aromatic N) is 2. The Morgan fingerprint density at radius 1 is 1.21 bits per heavy atom. The van der Waals surface area contributed by atoms with Gasteiger partial charge in [-0.3, -0.25) is 0 Å². The monoisotopic (exact) mass is 188 g/mol. The Labute approximate surface area is 84.6 Å². The van der Waals surface area contributed by atoms with Gasteiger partial charge < -0.3 is 4.40 Å². The number of hydrogen-bond donors (Lipinski definition) is 0. The van der Waals surface area contributed by atoms with Crippen LogP contribution in [0.2, 0.25) is 0 Å². The van der Waals surface area contributed by atoms with Gasteiger partial charge in [0.25, 0.3) is 0 Å². The highest BCUT2D eigenvalue weighted by Gasteiger charge is 2.16. The van der Waals surface area contributed by atoms with Crippen LogP contribution in [0.5, 0.6) is 0 Å². The lowest BCUT2D eigenvalue weighted by molar-refractivity contribution is 0.561. The van der Waals surface area contributed by atoms with Gasteiger partial charge in [-0.25, -0.2) is 4.98 Å². The number of aromatic nitrogens is 2. The molecule has 0 bridgehead atoms. The van der Waals surface area contributed by atoms with Crippen molar-refractivity contribution in [2.75, 3.05) is 0 Å². The Morgan fingerprint density at radius 3 is 2.57 bits per heavy atom. The van der Waals surface area contributed by atoms with Crippen LogP contribution in [0.3, 0.4) is 0 Å². The van der Waals surface area contributed by atoms with Gasteiger partial charge in [0.1, 0.15) is 5.65 Å². The van der Waals surface area contributed by atoms with Crippen LogP contribution in [0.25, 0.3) is 5.65 Å². The lowest BCUT2D eigenvalue weighted by atomic mass is 9.91. The molecule has 0 N–H and O–H groups in total. The summed E-state index contributed by atoms with van der Waals surface area (Å²) < 4.78 is 2.18. The number of hydrogen-bond acceptors (Lipinski definition) is 1. The van der Waals surface area contributed by atoms with E-state index in [4.69, 9.17) is 0 Å². The fraction of sp³-hybridized carbons (Fsp3) is 0.417. The van der Waals surface area contributed by atoms with Crippen LogP contribution in [0.1, 0.15) is 32.2 Å². The van der Waals surface area contributed by atoms with Crippen molar-refractivity contribution >= 4 is 5.65 Å². The largest absolute Gasteiger partial charge is 0.303 e. The highest BCUT2D eigenvalue weighted by atomic mass is 15.0. The van der Waals surface area contributed by atoms with Gasteiger partial charge in [0, 0.05) is 17.3 Å². The summed E-state index contributed by atoms with van der Waals surface area (Å²) in [7, 11) is 0. The maximum Gasteiger partial charge on any atom is 0.137 e. The van der Waals surface area contributed by atoms with Gasteiger partial charge in [0.05, 0.1) is 5.69 Å². The molecule has 2 rings (SSSR count). The predicted molar refractivity (Wildman–Crippen MR) is 58.6 cm³/mol. The van der Waals surface area contributed by atoms with Crippen LogP contribution in [-0.2, 0) is 5.41 Å². The van der Waals surface area contributed by atoms with Crippen molar-refractivity contribution in [2.45, 2.75) is 33.1 Å². The molecule has 2 heterocycles. The van der Waals surface area contributed by atoms with E-state index >= 15 is 0 Å². The number of imidazole rings is 1. The molecule has 74 valence electrons. The lowest BCUT2D eigenvalue weighted by Gasteiger charge is -2.20. The Kier molecular flexibility index (Phi) is 1.88. The molecular formula is C12H16N2. The van der Waals surface area contributed by atoms with Crippen molar-refractivity contribution in [2.24, 2.45) is 0 Å². The summed E-state index contributed by atoms with van der Waals surface area (Å²) in [6.45, 7) is 8.69. The standard InChI is InChI=1S/C12H16N2/c1-9-8-14-10(12(2,3)4)6-5-7-11(14)13-9/h5-8H,1-4H3. The Balaban J connectivity index is 2.77. The zero-order chi connectivity index (χ0) is 10.3. The zero-order valence-corrected chi connectivity index (χ0v) is 9.20. The van der Waals surface area contributed by atoms with Crippen LogP contribution < -0.4 is 0 Å². The van der Waals surface area contributed by atoms with Crippen LogP contribution >= 0.6 is 0 Å². The van der Waals surface area contributed by atoms with Crippen molar-refractivity contribution in [3.8, 4) is 0 Å².